The van der Waals surface area contributed by atoms with Gasteiger partial charge < -0.3 is 14.7 Å². The Morgan fingerprint density at radius 1 is 1.31 bits per heavy atom. The van der Waals surface area contributed by atoms with Crippen molar-refractivity contribution >= 4 is 29.2 Å². The van der Waals surface area contributed by atoms with Gasteiger partial charge in [0.1, 0.15) is 0 Å². The highest BCUT2D eigenvalue weighted by Crippen LogP contribution is 2.29. The topological polar surface area (TPSA) is 66.8 Å². The zero-order valence-corrected chi connectivity index (χ0v) is 17.7. The fourth-order valence-electron chi connectivity index (χ4n) is 3.70. The normalized spacial score (nSPS) is 17.7. The van der Waals surface area contributed by atoms with Crippen molar-refractivity contribution in [1.29, 1.82) is 0 Å². The van der Waals surface area contributed by atoms with Gasteiger partial charge in [-0.25, -0.2) is 0 Å². The maximum Gasteiger partial charge on any atom is 0.227 e. The van der Waals surface area contributed by atoms with Crippen LogP contribution in [0.2, 0.25) is 0 Å². The summed E-state index contributed by atoms with van der Waals surface area (Å²) in [6.45, 7) is 3.05. The first kappa shape index (κ1) is 21.7. The second kappa shape index (κ2) is 10.7. The van der Waals surface area contributed by atoms with E-state index in [0.717, 1.165) is 54.5 Å². The third-order valence-electron chi connectivity index (χ3n) is 5.33. The number of hydrogen-bond donors (Lipinski definition) is 1. The van der Waals surface area contributed by atoms with Gasteiger partial charge in [-0.15, -0.1) is 11.3 Å². The van der Waals surface area contributed by atoms with Crippen molar-refractivity contribution < 1.29 is 19.4 Å². The number of amides is 1. The summed E-state index contributed by atoms with van der Waals surface area (Å²) in [4.78, 5) is 26.0. The number of hydrogen-bond acceptors (Lipinski definition) is 5. The van der Waals surface area contributed by atoms with Crippen LogP contribution in [0.25, 0.3) is 0 Å². The van der Waals surface area contributed by atoms with Crippen LogP contribution in [0, 0.1) is 0 Å². The predicted octanol–water partition coefficient (Wildman–Crippen LogP) is 4.89. The summed E-state index contributed by atoms with van der Waals surface area (Å²) in [6, 6.07) is 9.52. The quantitative estimate of drug-likeness (QED) is 0.419. The van der Waals surface area contributed by atoms with E-state index in [-0.39, 0.29) is 11.9 Å². The molecule has 2 atom stereocenters. The molecule has 1 unspecified atom stereocenters. The highest BCUT2D eigenvalue weighted by atomic mass is 32.1. The van der Waals surface area contributed by atoms with Gasteiger partial charge in [0.25, 0.3) is 0 Å². The molecule has 1 aliphatic rings. The molecule has 1 aliphatic heterocycles. The fourth-order valence-corrected chi connectivity index (χ4v) is 4.46. The van der Waals surface area contributed by atoms with Crippen LogP contribution in [-0.4, -0.2) is 29.9 Å². The van der Waals surface area contributed by atoms with Crippen LogP contribution in [0.4, 0.5) is 5.69 Å². The van der Waals surface area contributed by atoms with Crippen LogP contribution in [-0.2, 0) is 16.1 Å². The molecule has 0 bridgehead atoms. The molecule has 3 rings (SSSR count). The number of carbonyl (C=O) groups excluding carboxylic acids is 2. The van der Waals surface area contributed by atoms with Crippen LogP contribution in [0.5, 0.6) is 0 Å². The Kier molecular flexibility index (Phi) is 7.98. The molecule has 5 nitrogen and oxygen atoms in total. The number of rotatable bonds is 11. The van der Waals surface area contributed by atoms with Crippen molar-refractivity contribution in [2.75, 3.05) is 11.5 Å². The van der Waals surface area contributed by atoms with Crippen LogP contribution < -0.4 is 4.90 Å². The number of anilines is 1. The minimum Gasteiger partial charge on any atom is -0.388 e. The van der Waals surface area contributed by atoms with Gasteiger partial charge in [0, 0.05) is 27.9 Å². The Morgan fingerprint density at radius 3 is 2.79 bits per heavy atom. The Hall–Kier alpha value is -2.02. The lowest BCUT2D eigenvalue weighted by Crippen LogP contribution is -2.36. The van der Waals surface area contributed by atoms with Gasteiger partial charge in [-0.05, 0) is 36.6 Å². The number of aliphatic hydroxyl groups is 1. The van der Waals surface area contributed by atoms with Crippen LogP contribution >= 0.6 is 11.3 Å². The molecule has 0 radical (unpaired) electrons. The molecule has 2 heterocycles. The second-order valence-electron chi connectivity index (χ2n) is 7.54. The molecule has 1 fully saturated rings. The van der Waals surface area contributed by atoms with E-state index in [1.54, 1.807) is 0 Å². The molecule has 2 aromatic rings. The molecular formula is C23H29NO4S. The molecule has 29 heavy (non-hydrogen) atoms. The molecule has 1 aromatic heterocycles. The first-order valence-electron chi connectivity index (χ1n) is 10.3. The van der Waals surface area contributed by atoms with E-state index >= 15 is 0 Å². The monoisotopic (exact) mass is 415 g/mol. The smallest absolute Gasteiger partial charge is 0.227 e. The van der Waals surface area contributed by atoms with Gasteiger partial charge in [0.2, 0.25) is 5.91 Å². The first-order valence-corrected chi connectivity index (χ1v) is 11.2. The number of unbranched alkanes of at least 4 members (excludes halogenated alkanes) is 2. The third-order valence-corrected chi connectivity index (χ3v) is 6.26. The van der Waals surface area contributed by atoms with Gasteiger partial charge >= 0.3 is 0 Å². The molecule has 156 valence electrons. The lowest BCUT2D eigenvalue weighted by molar-refractivity contribution is -0.117. The molecule has 0 spiro atoms. The maximum atomic E-state index is 12.4. The highest BCUT2D eigenvalue weighted by Gasteiger charge is 2.32. The molecule has 1 aromatic carbocycles. The van der Waals surface area contributed by atoms with Crippen molar-refractivity contribution in [2.45, 2.75) is 64.2 Å². The highest BCUT2D eigenvalue weighted by molar-refractivity contribution is 7.10. The number of aliphatic hydroxyl groups excluding tert-OH is 1. The van der Waals surface area contributed by atoms with Crippen molar-refractivity contribution in [3.05, 3.63) is 51.7 Å². The number of carbonyl (C=O) groups is 2. The van der Waals surface area contributed by atoms with E-state index in [1.165, 1.54) is 11.3 Å². The van der Waals surface area contributed by atoms with E-state index in [9.17, 15) is 14.7 Å². The lowest BCUT2D eigenvalue weighted by Gasteiger charge is -2.25. The van der Waals surface area contributed by atoms with E-state index < -0.39 is 6.10 Å². The number of nitrogens with zero attached hydrogens (tertiary/aromatic N) is 1. The number of aldehydes is 1. The van der Waals surface area contributed by atoms with E-state index in [4.69, 9.17) is 4.74 Å². The summed E-state index contributed by atoms with van der Waals surface area (Å²) in [7, 11) is 0. The van der Waals surface area contributed by atoms with E-state index in [1.807, 2.05) is 40.6 Å². The molecule has 0 saturated carbocycles. The van der Waals surface area contributed by atoms with Gasteiger partial charge in [-0.2, -0.15) is 0 Å². The summed E-state index contributed by atoms with van der Waals surface area (Å²) in [5.41, 5.74) is 2.42. The van der Waals surface area contributed by atoms with Crippen molar-refractivity contribution in [3.63, 3.8) is 0 Å². The van der Waals surface area contributed by atoms with Crippen molar-refractivity contribution in [1.82, 2.24) is 0 Å². The summed E-state index contributed by atoms with van der Waals surface area (Å²) < 4.78 is 5.84. The molecular weight excluding hydrogens is 386 g/mol. The SMILES string of the molecule is CCCCCC(O)c1ccc(N2C(=O)CC[C@@H]2COCc2cc(C=O)cs2)cc1. The predicted molar refractivity (Wildman–Crippen MR) is 115 cm³/mol. The fraction of sp³-hybridized carbons (Fsp3) is 0.478. The first-order chi connectivity index (χ1) is 14.1. The molecule has 1 N–H and O–H groups in total. The summed E-state index contributed by atoms with van der Waals surface area (Å²) in [5.74, 6) is 0.106. The largest absolute Gasteiger partial charge is 0.388 e. The lowest BCUT2D eigenvalue weighted by atomic mass is 10.0. The number of ether oxygens (including phenoxy) is 1. The average molecular weight is 416 g/mol. The Balaban J connectivity index is 1.57. The second-order valence-corrected chi connectivity index (χ2v) is 8.53. The van der Waals surface area contributed by atoms with Gasteiger partial charge in [-0.1, -0.05) is 38.3 Å². The molecule has 1 amide bonds. The Labute approximate surface area is 176 Å². The van der Waals surface area contributed by atoms with Gasteiger partial charge in [-0.3, -0.25) is 9.59 Å². The van der Waals surface area contributed by atoms with Gasteiger partial charge in [0.15, 0.2) is 6.29 Å². The zero-order valence-electron chi connectivity index (χ0n) is 16.9. The average Bonchev–Trinajstić information content (AvgIpc) is 3.35. The maximum absolute atomic E-state index is 12.4. The molecule has 0 aliphatic carbocycles. The van der Waals surface area contributed by atoms with E-state index in [2.05, 4.69) is 6.92 Å². The number of benzene rings is 1. The van der Waals surface area contributed by atoms with Crippen LogP contribution in [0.15, 0.2) is 35.7 Å². The number of thiophene rings is 1. The minimum absolute atomic E-state index is 0.00771. The Morgan fingerprint density at radius 2 is 2.10 bits per heavy atom. The third kappa shape index (κ3) is 5.75. The van der Waals surface area contributed by atoms with E-state index in [0.29, 0.717) is 25.2 Å². The van der Waals surface area contributed by atoms with Crippen molar-refractivity contribution in [2.24, 2.45) is 0 Å². The summed E-state index contributed by atoms with van der Waals surface area (Å²) in [5, 5.41) is 12.1. The molecule has 1 saturated heterocycles. The molecule has 6 heteroatoms. The van der Waals surface area contributed by atoms with Crippen molar-refractivity contribution in [3.8, 4) is 0 Å². The Bertz CT molecular complexity index is 801. The zero-order chi connectivity index (χ0) is 20.6. The van der Waals surface area contributed by atoms with Crippen LogP contribution in [0.1, 0.15) is 72.4 Å². The minimum atomic E-state index is -0.453. The standard InChI is InChI=1S/C23H29NO4S/c1-2-3-4-5-22(26)18-6-8-19(9-7-18)24-20(10-11-23(24)27)14-28-15-21-12-17(13-25)16-29-21/h6-9,12-13,16,20,22,26H,2-5,10-11,14-15H2,1H3/t20-,22?/m1/s1. The van der Waals surface area contributed by atoms with Crippen LogP contribution in [0.3, 0.4) is 0 Å². The summed E-state index contributed by atoms with van der Waals surface area (Å²) in [6.07, 6.45) is 5.71. The summed E-state index contributed by atoms with van der Waals surface area (Å²) >= 11 is 1.51. The van der Waals surface area contributed by atoms with Gasteiger partial charge in [0.05, 0.1) is 25.4 Å².